The largest absolute Gasteiger partial charge is 0.308 e. The number of para-hydroxylation sites is 2. The molecule has 4 heteroatoms. The van der Waals surface area contributed by atoms with Crippen LogP contribution in [0.1, 0.15) is 61.1 Å². The van der Waals surface area contributed by atoms with Gasteiger partial charge in [0.25, 0.3) is 0 Å². The third-order valence-corrected chi connectivity index (χ3v) is 12.5. The summed E-state index contributed by atoms with van der Waals surface area (Å²) in [5, 5.41) is 26.2. The minimum Gasteiger partial charge on any atom is -0.308 e. The molecule has 0 saturated heterocycles. The number of aromatic nitrogens is 2. The van der Waals surface area contributed by atoms with E-state index in [9.17, 15) is 10.5 Å². The van der Waals surface area contributed by atoms with E-state index in [1.54, 1.807) is 6.07 Å². The van der Waals surface area contributed by atoms with Gasteiger partial charge in [0.1, 0.15) is 12.1 Å². The SMILES string of the molecule is CC1(C)c2ccccc2-c2ccc3c(c21)c1ccccc1n3-c1cc(-n2c3ccccc3c3c4c(ccc32)-c2ccccc2C4(C)C)c(C#N)cc1C#N. The van der Waals surface area contributed by atoms with Crippen molar-refractivity contribution in [3.8, 4) is 45.8 Å². The van der Waals surface area contributed by atoms with E-state index in [-0.39, 0.29) is 10.8 Å². The van der Waals surface area contributed by atoms with Gasteiger partial charge in [-0.15, -0.1) is 0 Å². The maximum absolute atomic E-state index is 10.8. The number of fused-ring (bicyclic) bond motifs is 14. The molecule has 9 aromatic rings. The average Bonchev–Trinajstić information content (AvgIpc) is 3.86. The van der Waals surface area contributed by atoms with Crippen molar-refractivity contribution in [1.82, 2.24) is 9.13 Å². The second kappa shape index (κ2) is 10.4. The van der Waals surface area contributed by atoms with E-state index in [2.05, 4.69) is 176 Å². The van der Waals surface area contributed by atoms with Gasteiger partial charge in [-0.2, -0.15) is 10.5 Å². The van der Waals surface area contributed by atoms with Crippen molar-refractivity contribution in [2.75, 3.05) is 0 Å². The van der Waals surface area contributed by atoms with Crippen LogP contribution in [0.5, 0.6) is 0 Å². The van der Waals surface area contributed by atoms with Crippen LogP contribution in [-0.4, -0.2) is 9.13 Å². The van der Waals surface area contributed by atoms with Crippen LogP contribution < -0.4 is 0 Å². The molecule has 0 spiro atoms. The van der Waals surface area contributed by atoms with Gasteiger partial charge in [0, 0.05) is 32.4 Å². The number of hydrogen-bond donors (Lipinski definition) is 0. The monoisotopic (exact) mass is 690 g/mol. The third-order valence-electron chi connectivity index (χ3n) is 12.5. The lowest BCUT2D eigenvalue weighted by molar-refractivity contribution is 0.666. The summed E-state index contributed by atoms with van der Waals surface area (Å²) in [6, 6.07) is 52.3. The quantitative estimate of drug-likeness (QED) is 0.181. The summed E-state index contributed by atoms with van der Waals surface area (Å²) in [7, 11) is 0. The minimum atomic E-state index is -0.217. The minimum absolute atomic E-state index is 0.217. The summed E-state index contributed by atoms with van der Waals surface area (Å²) in [5.41, 5.74) is 16.5. The second-order valence-electron chi connectivity index (χ2n) is 15.9. The summed E-state index contributed by atoms with van der Waals surface area (Å²) >= 11 is 0. The number of nitrogens with zero attached hydrogens (tertiary/aromatic N) is 4. The number of rotatable bonds is 2. The highest BCUT2D eigenvalue weighted by Crippen LogP contribution is 2.55. The van der Waals surface area contributed by atoms with Gasteiger partial charge in [-0.25, -0.2) is 0 Å². The second-order valence-corrected chi connectivity index (χ2v) is 15.9. The van der Waals surface area contributed by atoms with Crippen LogP contribution in [0.3, 0.4) is 0 Å². The number of nitriles is 2. The average molecular weight is 691 g/mol. The Balaban J connectivity index is 1.24. The molecule has 0 bridgehead atoms. The highest BCUT2D eigenvalue weighted by atomic mass is 15.0. The third kappa shape index (κ3) is 3.65. The Bertz CT molecular complexity index is 3030. The van der Waals surface area contributed by atoms with Crippen molar-refractivity contribution >= 4 is 43.6 Å². The topological polar surface area (TPSA) is 57.4 Å². The lowest BCUT2D eigenvalue weighted by Crippen LogP contribution is -2.15. The molecule has 2 aliphatic carbocycles. The Morgan fingerprint density at radius 2 is 0.833 bits per heavy atom. The molecule has 11 rings (SSSR count). The molecule has 2 aliphatic rings. The molecule has 0 radical (unpaired) electrons. The van der Waals surface area contributed by atoms with Crippen LogP contribution in [-0.2, 0) is 10.8 Å². The highest BCUT2D eigenvalue weighted by Gasteiger charge is 2.39. The normalized spacial score (nSPS) is 14.6. The maximum Gasteiger partial charge on any atom is 0.101 e. The van der Waals surface area contributed by atoms with Gasteiger partial charge >= 0.3 is 0 Å². The molecule has 2 aromatic heterocycles. The Morgan fingerprint density at radius 3 is 1.28 bits per heavy atom. The zero-order valence-electron chi connectivity index (χ0n) is 30.5. The van der Waals surface area contributed by atoms with Gasteiger partial charge in [-0.05, 0) is 80.9 Å². The predicted octanol–water partition coefficient (Wildman–Crippen LogP) is 12.2. The van der Waals surface area contributed by atoms with E-state index in [0.29, 0.717) is 11.1 Å². The van der Waals surface area contributed by atoms with Gasteiger partial charge in [-0.1, -0.05) is 125 Å². The molecule has 0 saturated carbocycles. The summed E-state index contributed by atoms with van der Waals surface area (Å²) in [6.45, 7) is 9.29. The zero-order chi connectivity index (χ0) is 36.7. The van der Waals surface area contributed by atoms with Crippen LogP contribution in [0.15, 0.2) is 133 Å². The van der Waals surface area contributed by atoms with Crippen molar-refractivity contribution in [2.45, 2.75) is 38.5 Å². The van der Waals surface area contributed by atoms with Gasteiger partial charge < -0.3 is 9.13 Å². The van der Waals surface area contributed by atoms with Crippen molar-refractivity contribution in [3.63, 3.8) is 0 Å². The first-order chi connectivity index (χ1) is 26.3. The Hall–Kier alpha value is -6.88. The molecule has 0 fully saturated rings. The van der Waals surface area contributed by atoms with Gasteiger partial charge in [0.05, 0.1) is 44.6 Å². The standard InChI is InChI=1S/C50H34N4/c1-49(2)37-17-9-5-13-31(37)33-21-23-41-45(47(33)49)35-15-7-11-19-39(35)53(41)43-26-44(30(28-52)25-29(43)27-51)54-40-20-12-8-16-36(40)46-42(54)24-22-34-32-14-6-10-18-38(32)50(3,4)48(34)46/h5-26H,1-4H3. The van der Waals surface area contributed by atoms with Crippen molar-refractivity contribution in [2.24, 2.45) is 0 Å². The predicted molar refractivity (Wildman–Crippen MR) is 220 cm³/mol. The molecule has 0 aliphatic heterocycles. The van der Waals surface area contributed by atoms with E-state index in [1.165, 1.54) is 55.3 Å². The molecular formula is C50H34N4. The van der Waals surface area contributed by atoms with Crippen LogP contribution >= 0.6 is 0 Å². The Morgan fingerprint density at radius 1 is 0.426 bits per heavy atom. The lowest BCUT2D eigenvalue weighted by Gasteiger charge is -2.23. The summed E-state index contributed by atoms with van der Waals surface area (Å²) < 4.78 is 4.50. The Kier molecular flexibility index (Phi) is 5.90. The first kappa shape index (κ1) is 30.7. The van der Waals surface area contributed by atoms with Crippen molar-refractivity contribution < 1.29 is 0 Å². The number of benzene rings is 7. The molecule has 2 heterocycles. The van der Waals surface area contributed by atoms with E-state index in [1.807, 2.05) is 0 Å². The lowest BCUT2D eigenvalue weighted by atomic mass is 9.80. The van der Waals surface area contributed by atoms with Crippen molar-refractivity contribution in [3.05, 3.63) is 167 Å². The summed E-state index contributed by atoms with van der Waals surface area (Å²) in [4.78, 5) is 0. The van der Waals surface area contributed by atoms with E-state index < -0.39 is 0 Å². The number of hydrogen-bond acceptors (Lipinski definition) is 2. The van der Waals surface area contributed by atoms with E-state index >= 15 is 0 Å². The molecule has 0 amide bonds. The van der Waals surface area contributed by atoms with Gasteiger partial charge in [0.2, 0.25) is 0 Å². The van der Waals surface area contributed by atoms with Crippen LogP contribution in [0.25, 0.3) is 77.2 Å². The molecule has 7 aromatic carbocycles. The fraction of sp³-hybridized carbons (Fsp3) is 0.120. The van der Waals surface area contributed by atoms with Crippen LogP contribution in [0.2, 0.25) is 0 Å². The zero-order valence-corrected chi connectivity index (χ0v) is 30.5. The molecular weight excluding hydrogens is 657 g/mol. The first-order valence-electron chi connectivity index (χ1n) is 18.6. The Labute approximate surface area is 313 Å². The van der Waals surface area contributed by atoms with E-state index in [0.717, 1.165) is 44.2 Å². The van der Waals surface area contributed by atoms with Crippen molar-refractivity contribution in [1.29, 1.82) is 10.5 Å². The molecule has 0 unspecified atom stereocenters. The van der Waals surface area contributed by atoms with Gasteiger partial charge in [0.15, 0.2) is 0 Å². The summed E-state index contributed by atoms with van der Waals surface area (Å²) in [5.74, 6) is 0. The molecule has 54 heavy (non-hydrogen) atoms. The summed E-state index contributed by atoms with van der Waals surface area (Å²) in [6.07, 6.45) is 0. The first-order valence-corrected chi connectivity index (χ1v) is 18.6. The fourth-order valence-electron chi connectivity index (χ4n) is 10.3. The van der Waals surface area contributed by atoms with Gasteiger partial charge in [-0.3, -0.25) is 0 Å². The van der Waals surface area contributed by atoms with Crippen LogP contribution in [0, 0.1) is 22.7 Å². The fourth-order valence-corrected chi connectivity index (χ4v) is 10.3. The smallest absolute Gasteiger partial charge is 0.101 e. The highest BCUT2D eigenvalue weighted by molar-refractivity contribution is 6.16. The van der Waals surface area contributed by atoms with E-state index in [4.69, 9.17) is 0 Å². The molecule has 254 valence electrons. The van der Waals surface area contributed by atoms with Crippen LogP contribution in [0.4, 0.5) is 0 Å². The molecule has 4 nitrogen and oxygen atoms in total. The maximum atomic E-state index is 10.8. The molecule has 0 N–H and O–H groups in total. The molecule has 0 atom stereocenters.